The van der Waals surface area contributed by atoms with Gasteiger partial charge < -0.3 is 5.11 Å². The minimum atomic E-state index is -1.16. The number of carboxylic acids is 1. The first-order chi connectivity index (χ1) is 8.58. The number of rotatable bonds is 4. The zero-order valence-electron chi connectivity index (χ0n) is 8.92. The monoisotopic (exact) mass is 249 g/mol. The van der Waals surface area contributed by atoms with E-state index in [0.717, 1.165) is 6.20 Å². The number of hydrogen-bond acceptors (Lipinski definition) is 6. The maximum Gasteiger partial charge on any atom is 0.339 e. The Morgan fingerprint density at radius 1 is 1.50 bits per heavy atom. The van der Waals surface area contributed by atoms with Gasteiger partial charge >= 0.3 is 11.7 Å². The van der Waals surface area contributed by atoms with E-state index in [1.54, 1.807) is 0 Å². The molecule has 0 bridgehead atoms. The molecule has 2 aromatic rings. The lowest BCUT2D eigenvalue weighted by Gasteiger charge is -2.03. The van der Waals surface area contributed by atoms with Crippen molar-refractivity contribution in [3.05, 3.63) is 46.3 Å². The molecular weight excluding hydrogens is 242 g/mol. The average Bonchev–Trinajstić information content (AvgIpc) is 2.78. The van der Waals surface area contributed by atoms with Crippen molar-refractivity contribution >= 4 is 11.7 Å². The van der Waals surface area contributed by atoms with E-state index in [-0.39, 0.29) is 23.5 Å². The molecule has 0 amide bonds. The minimum absolute atomic E-state index is 0.0258. The van der Waals surface area contributed by atoms with Crippen LogP contribution in [0.1, 0.15) is 16.1 Å². The van der Waals surface area contributed by atoms with Crippen molar-refractivity contribution in [2.45, 2.75) is 6.54 Å². The molecule has 0 saturated heterocycles. The van der Waals surface area contributed by atoms with Crippen molar-refractivity contribution in [3.63, 3.8) is 0 Å². The molecule has 0 saturated carbocycles. The Morgan fingerprint density at radius 2 is 2.28 bits per heavy atom. The molecule has 0 radical (unpaired) electrons. The number of aromatic nitrogens is 4. The standard InChI is InChI=1S/C9H7N5O4/c15-9(16)7-2-10-5-11-8(7)4-13-3-6(1-12-13)14(17)18/h1-3,5H,4H2,(H,15,16). The van der Waals surface area contributed by atoms with Crippen molar-refractivity contribution in [1.82, 2.24) is 19.7 Å². The molecule has 2 rings (SSSR count). The van der Waals surface area contributed by atoms with Gasteiger partial charge in [0.15, 0.2) is 0 Å². The van der Waals surface area contributed by atoms with Crippen molar-refractivity contribution < 1.29 is 14.8 Å². The summed E-state index contributed by atoms with van der Waals surface area (Å²) in [6, 6.07) is 0. The number of nitrogens with zero attached hydrogens (tertiary/aromatic N) is 5. The highest BCUT2D eigenvalue weighted by molar-refractivity contribution is 5.88. The minimum Gasteiger partial charge on any atom is -0.478 e. The lowest BCUT2D eigenvalue weighted by Crippen LogP contribution is -2.10. The highest BCUT2D eigenvalue weighted by Gasteiger charge is 2.14. The first-order valence-electron chi connectivity index (χ1n) is 4.77. The van der Waals surface area contributed by atoms with E-state index in [1.165, 1.54) is 23.4 Å². The summed E-state index contributed by atoms with van der Waals surface area (Å²) in [6.07, 6.45) is 4.66. The van der Waals surface area contributed by atoms with Crippen LogP contribution in [0.3, 0.4) is 0 Å². The fourth-order valence-corrected chi connectivity index (χ4v) is 1.35. The van der Waals surface area contributed by atoms with Gasteiger partial charge in [-0.1, -0.05) is 0 Å². The van der Waals surface area contributed by atoms with E-state index in [2.05, 4.69) is 15.1 Å². The van der Waals surface area contributed by atoms with E-state index < -0.39 is 10.9 Å². The number of carbonyl (C=O) groups is 1. The van der Waals surface area contributed by atoms with Gasteiger partial charge in [-0.25, -0.2) is 14.8 Å². The van der Waals surface area contributed by atoms with E-state index in [0.29, 0.717) is 0 Å². The van der Waals surface area contributed by atoms with Crippen LogP contribution in [0, 0.1) is 10.1 Å². The fraction of sp³-hybridized carbons (Fsp3) is 0.111. The summed E-state index contributed by atoms with van der Waals surface area (Å²) in [7, 11) is 0. The molecule has 0 aliphatic rings. The molecule has 1 N–H and O–H groups in total. The molecule has 0 aromatic carbocycles. The van der Waals surface area contributed by atoms with Crippen LogP contribution in [-0.2, 0) is 6.54 Å². The number of aromatic carboxylic acids is 1. The maximum absolute atomic E-state index is 10.9. The van der Waals surface area contributed by atoms with Crippen molar-refractivity contribution in [2.75, 3.05) is 0 Å². The van der Waals surface area contributed by atoms with Crippen LogP contribution in [0.4, 0.5) is 5.69 Å². The lowest BCUT2D eigenvalue weighted by atomic mass is 10.2. The first kappa shape index (κ1) is 11.6. The highest BCUT2D eigenvalue weighted by atomic mass is 16.6. The number of carboxylic acid groups (broad SMARTS) is 1. The van der Waals surface area contributed by atoms with Gasteiger partial charge in [0, 0.05) is 6.20 Å². The SMILES string of the molecule is O=C(O)c1cncnc1Cn1cc([N+](=O)[O-])cn1. The first-order valence-corrected chi connectivity index (χ1v) is 4.77. The topological polar surface area (TPSA) is 124 Å². The summed E-state index contributed by atoms with van der Waals surface area (Å²) >= 11 is 0. The Bertz CT molecular complexity index is 609. The van der Waals surface area contributed by atoms with Crippen LogP contribution in [0.15, 0.2) is 24.9 Å². The molecule has 92 valence electrons. The van der Waals surface area contributed by atoms with Crippen LogP contribution >= 0.6 is 0 Å². The van der Waals surface area contributed by atoms with Gasteiger partial charge in [0.2, 0.25) is 0 Å². The average molecular weight is 249 g/mol. The molecule has 2 heterocycles. The zero-order valence-corrected chi connectivity index (χ0v) is 8.92. The molecule has 0 aliphatic heterocycles. The number of hydrogen-bond donors (Lipinski definition) is 1. The molecule has 0 aliphatic carbocycles. The molecule has 0 unspecified atom stereocenters. The molecule has 0 fully saturated rings. The smallest absolute Gasteiger partial charge is 0.339 e. The molecule has 18 heavy (non-hydrogen) atoms. The third-order valence-corrected chi connectivity index (χ3v) is 2.17. The second-order valence-electron chi connectivity index (χ2n) is 3.34. The summed E-state index contributed by atoms with van der Waals surface area (Å²) < 4.78 is 1.24. The Kier molecular flexibility index (Phi) is 2.96. The Labute approximate surface area is 99.9 Å². The van der Waals surface area contributed by atoms with Gasteiger partial charge in [-0.3, -0.25) is 14.8 Å². The second kappa shape index (κ2) is 4.57. The summed E-state index contributed by atoms with van der Waals surface area (Å²) in [5.74, 6) is -1.16. The van der Waals surface area contributed by atoms with Crippen molar-refractivity contribution in [1.29, 1.82) is 0 Å². The van der Waals surface area contributed by atoms with Gasteiger partial charge in [0.1, 0.15) is 24.3 Å². The lowest BCUT2D eigenvalue weighted by molar-refractivity contribution is -0.385. The summed E-state index contributed by atoms with van der Waals surface area (Å²) in [5, 5.41) is 23.1. The third-order valence-electron chi connectivity index (χ3n) is 2.17. The van der Waals surface area contributed by atoms with Gasteiger partial charge in [-0.05, 0) is 0 Å². The van der Waals surface area contributed by atoms with Crippen LogP contribution in [-0.4, -0.2) is 35.7 Å². The molecule has 2 aromatic heterocycles. The number of nitro groups is 1. The summed E-state index contributed by atoms with van der Waals surface area (Å²) in [5.41, 5.74) is 0.00656. The predicted molar refractivity (Wildman–Crippen MR) is 57.0 cm³/mol. The second-order valence-corrected chi connectivity index (χ2v) is 3.34. The van der Waals surface area contributed by atoms with Crippen LogP contribution in [0.2, 0.25) is 0 Å². The summed E-state index contributed by atoms with van der Waals surface area (Å²) in [4.78, 5) is 28.2. The quantitative estimate of drug-likeness (QED) is 0.611. The largest absolute Gasteiger partial charge is 0.478 e. The van der Waals surface area contributed by atoms with E-state index in [4.69, 9.17) is 5.11 Å². The predicted octanol–water partition coefficient (Wildman–Crippen LogP) is 0.328. The van der Waals surface area contributed by atoms with Gasteiger partial charge in [0.25, 0.3) is 0 Å². The van der Waals surface area contributed by atoms with Gasteiger partial charge in [0.05, 0.1) is 17.2 Å². The maximum atomic E-state index is 10.9. The van der Waals surface area contributed by atoms with E-state index in [1.807, 2.05) is 0 Å². The molecule has 9 nitrogen and oxygen atoms in total. The molecular formula is C9H7N5O4. The Hall–Kier alpha value is -2.84. The normalized spacial score (nSPS) is 10.2. The van der Waals surface area contributed by atoms with E-state index >= 15 is 0 Å². The zero-order chi connectivity index (χ0) is 13.1. The van der Waals surface area contributed by atoms with E-state index in [9.17, 15) is 14.9 Å². The van der Waals surface area contributed by atoms with Crippen molar-refractivity contribution in [2.24, 2.45) is 0 Å². The van der Waals surface area contributed by atoms with Crippen LogP contribution < -0.4 is 0 Å². The molecule has 0 spiro atoms. The van der Waals surface area contributed by atoms with Gasteiger partial charge in [-0.15, -0.1) is 0 Å². The molecule has 9 heteroatoms. The summed E-state index contributed by atoms with van der Waals surface area (Å²) in [6.45, 7) is 0.0258. The Balaban J connectivity index is 2.28. The highest BCUT2D eigenvalue weighted by Crippen LogP contribution is 2.11. The molecule has 0 atom stereocenters. The van der Waals surface area contributed by atoms with Crippen molar-refractivity contribution in [3.8, 4) is 0 Å². The third kappa shape index (κ3) is 2.29. The van der Waals surface area contributed by atoms with Gasteiger partial charge in [-0.2, -0.15) is 5.10 Å². The fourth-order valence-electron chi connectivity index (χ4n) is 1.35. The van der Waals surface area contributed by atoms with Crippen LogP contribution in [0.25, 0.3) is 0 Å². The van der Waals surface area contributed by atoms with Crippen LogP contribution in [0.5, 0.6) is 0 Å². The Morgan fingerprint density at radius 3 is 2.89 bits per heavy atom.